The molecule has 0 aliphatic rings. The maximum atomic E-state index is 12.0. The zero-order chi connectivity index (χ0) is 16.4. The molecule has 0 bridgehead atoms. The van der Waals surface area contributed by atoms with Gasteiger partial charge < -0.3 is 9.73 Å². The van der Waals surface area contributed by atoms with Crippen LogP contribution < -0.4 is 10.6 Å². The maximum Gasteiger partial charge on any atom is 0.326 e. The van der Waals surface area contributed by atoms with Crippen LogP contribution in [0.3, 0.4) is 0 Å². The van der Waals surface area contributed by atoms with Gasteiger partial charge in [-0.15, -0.1) is 0 Å². The monoisotopic (exact) mass is 329 g/mol. The van der Waals surface area contributed by atoms with E-state index in [4.69, 9.17) is 16.0 Å². The molecular formula is C16H12ClN3O3. The van der Waals surface area contributed by atoms with Crippen molar-refractivity contribution in [2.24, 2.45) is 0 Å². The van der Waals surface area contributed by atoms with Crippen LogP contribution in [0.4, 0.5) is 10.5 Å². The van der Waals surface area contributed by atoms with E-state index in [-0.39, 0.29) is 10.6 Å². The highest BCUT2D eigenvalue weighted by atomic mass is 35.5. The van der Waals surface area contributed by atoms with Gasteiger partial charge in [0.05, 0.1) is 10.6 Å². The molecule has 0 unspecified atom stereocenters. The van der Waals surface area contributed by atoms with Gasteiger partial charge >= 0.3 is 6.03 Å². The molecule has 116 valence electrons. The van der Waals surface area contributed by atoms with Gasteiger partial charge in [-0.25, -0.2) is 9.78 Å². The number of anilines is 1. The second kappa shape index (κ2) is 6.10. The lowest BCUT2D eigenvalue weighted by Gasteiger charge is -2.07. The van der Waals surface area contributed by atoms with Crippen LogP contribution >= 0.6 is 11.6 Å². The van der Waals surface area contributed by atoms with Crippen LogP contribution in [-0.2, 0) is 0 Å². The fourth-order valence-electron chi connectivity index (χ4n) is 2.10. The Morgan fingerprint density at radius 3 is 2.74 bits per heavy atom. The molecule has 3 rings (SSSR count). The summed E-state index contributed by atoms with van der Waals surface area (Å²) in [6.07, 6.45) is 0. The average molecular weight is 330 g/mol. The minimum absolute atomic E-state index is 0.227. The Labute approximate surface area is 136 Å². The predicted octanol–water partition coefficient (Wildman–Crippen LogP) is 3.75. The zero-order valence-corrected chi connectivity index (χ0v) is 12.8. The number of nitrogens with one attached hydrogen (secondary N) is 2. The van der Waals surface area contributed by atoms with Crippen molar-refractivity contribution >= 4 is 40.3 Å². The van der Waals surface area contributed by atoms with Crippen molar-refractivity contribution in [2.75, 3.05) is 5.32 Å². The Morgan fingerprint density at radius 1 is 1.17 bits per heavy atom. The molecule has 1 heterocycles. The van der Waals surface area contributed by atoms with Gasteiger partial charge in [0.1, 0.15) is 5.52 Å². The first-order chi connectivity index (χ1) is 11.0. The second-order valence-corrected chi connectivity index (χ2v) is 5.21. The molecule has 0 aliphatic heterocycles. The fraction of sp³-hybridized carbons (Fsp3) is 0.0625. The van der Waals surface area contributed by atoms with Crippen molar-refractivity contribution in [3.8, 4) is 0 Å². The Bertz CT molecular complexity index is 904. The Hall–Kier alpha value is -2.86. The lowest BCUT2D eigenvalue weighted by Crippen LogP contribution is -2.34. The SMILES string of the molecule is Cc1nc2ccc(NC(=O)NC(=O)c3ccccc3Cl)cc2o1. The van der Waals surface area contributed by atoms with E-state index in [1.54, 1.807) is 43.3 Å². The molecule has 7 heteroatoms. The first kappa shape index (κ1) is 15.1. The third kappa shape index (κ3) is 3.32. The van der Waals surface area contributed by atoms with Gasteiger partial charge in [0.15, 0.2) is 11.5 Å². The van der Waals surface area contributed by atoms with Crippen LogP contribution in [0.25, 0.3) is 11.1 Å². The number of aromatic nitrogens is 1. The minimum Gasteiger partial charge on any atom is -0.441 e. The summed E-state index contributed by atoms with van der Waals surface area (Å²) in [5, 5.41) is 5.06. The molecular weight excluding hydrogens is 318 g/mol. The van der Waals surface area contributed by atoms with Crippen molar-refractivity contribution in [3.05, 3.63) is 58.9 Å². The number of nitrogens with zero attached hydrogens (tertiary/aromatic N) is 1. The summed E-state index contributed by atoms with van der Waals surface area (Å²) in [5.41, 5.74) is 1.96. The summed E-state index contributed by atoms with van der Waals surface area (Å²) in [6.45, 7) is 1.74. The van der Waals surface area contributed by atoms with Crippen LogP contribution in [0, 0.1) is 6.92 Å². The maximum absolute atomic E-state index is 12.0. The first-order valence-corrected chi connectivity index (χ1v) is 7.15. The molecule has 0 aliphatic carbocycles. The number of amides is 3. The molecule has 2 N–H and O–H groups in total. The van der Waals surface area contributed by atoms with Crippen molar-refractivity contribution in [2.45, 2.75) is 6.92 Å². The van der Waals surface area contributed by atoms with E-state index in [1.165, 1.54) is 6.07 Å². The van der Waals surface area contributed by atoms with Crippen LogP contribution in [0.2, 0.25) is 5.02 Å². The van der Waals surface area contributed by atoms with E-state index in [9.17, 15) is 9.59 Å². The number of halogens is 1. The molecule has 0 spiro atoms. The van der Waals surface area contributed by atoms with E-state index in [2.05, 4.69) is 15.6 Å². The summed E-state index contributed by atoms with van der Waals surface area (Å²) in [4.78, 5) is 28.1. The molecule has 3 amide bonds. The van der Waals surface area contributed by atoms with E-state index in [1.807, 2.05) is 0 Å². The number of hydrogen-bond donors (Lipinski definition) is 2. The number of carbonyl (C=O) groups excluding carboxylic acids is 2. The van der Waals surface area contributed by atoms with E-state index in [0.717, 1.165) is 0 Å². The molecule has 1 aromatic heterocycles. The number of oxazole rings is 1. The third-order valence-corrected chi connectivity index (χ3v) is 3.43. The number of fused-ring (bicyclic) bond motifs is 1. The highest BCUT2D eigenvalue weighted by molar-refractivity contribution is 6.34. The molecule has 0 saturated carbocycles. The van der Waals surface area contributed by atoms with Crippen molar-refractivity contribution in [1.82, 2.24) is 10.3 Å². The van der Waals surface area contributed by atoms with Gasteiger partial charge in [0, 0.05) is 18.7 Å². The number of hydrogen-bond acceptors (Lipinski definition) is 4. The Morgan fingerprint density at radius 2 is 1.96 bits per heavy atom. The molecule has 0 fully saturated rings. The highest BCUT2D eigenvalue weighted by Crippen LogP contribution is 2.20. The number of carbonyl (C=O) groups is 2. The fourth-order valence-corrected chi connectivity index (χ4v) is 2.32. The smallest absolute Gasteiger partial charge is 0.326 e. The van der Waals surface area contributed by atoms with Gasteiger partial charge in [0.2, 0.25) is 0 Å². The Balaban J connectivity index is 1.70. The van der Waals surface area contributed by atoms with E-state index >= 15 is 0 Å². The normalized spacial score (nSPS) is 10.5. The number of aryl methyl sites for hydroxylation is 1. The number of benzene rings is 2. The van der Waals surface area contributed by atoms with Gasteiger partial charge in [-0.2, -0.15) is 0 Å². The predicted molar refractivity (Wildman–Crippen MR) is 86.7 cm³/mol. The summed E-state index contributed by atoms with van der Waals surface area (Å²) in [7, 11) is 0. The van der Waals surface area contributed by atoms with Crippen LogP contribution in [-0.4, -0.2) is 16.9 Å². The summed E-state index contributed by atoms with van der Waals surface area (Å²) in [5.74, 6) is -0.0415. The zero-order valence-electron chi connectivity index (χ0n) is 12.1. The van der Waals surface area contributed by atoms with Gasteiger partial charge in [-0.3, -0.25) is 10.1 Å². The molecule has 2 aromatic carbocycles. The van der Waals surface area contributed by atoms with Crippen molar-refractivity contribution in [1.29, 1.82) is 0 Å². The topological polar surface area (TPSA) is 84.2 Å². The van der Waals surface area contributed by atoms with E-state index in [0.29, 0.717) is 22.7 Å². The minimum atomic E-state index is -0.662. The quantitative estimate of drug-likeness (QED) is 0.750. The third-order valence-electron chi connectivity index (χ3n) is 3.10. The second-order valence-electron chi connectivity index (χ2n) is 4.80. The Kier molecular flexibility index (Phi) is 3.99. The molecule has 6 nitrogen and oxygen atoms in total. The van der Waals surface area contributed by atoms with Crippen LogP contribution in [0.1, 0.15) is 16.2 Å². The summed E-state index contributed by atoms with van der Waals surface area (Å²) in [6, 6.07) is 10.8. The average Bonchev–Trinajstić information content (AvgIpc) is 2.86. The van der Waals surface area contributed by atoms with Crippen LogP contribution in [0.15, 0.2) is 46.9 Å². The van der Waals surface area contributed by atoms with Gasteiger partial charge in [-0.05, 0) is 24.3 Å². The molecule has 3 aromatic rings. The van der Waals surface area contributed by atoms with Crippen LogP contribution in [0.5, 0.6) is 0 Å². The number of urea groups is 1. The van der Waals surface area contributed by atoms with Crippen molar-refractivity contribution in [3.63, 3.8) is 0 Å². The molecule has 0 saturated heterocycles. The largest absolute Gasteiger partial charge is 0.441 e. The summed E-state index contributed by atoms with van der Waals surface area (Å²) < 4.78 is 5.39. The molecule has 0 radical (unpaired) electrons. The standard InChI is InChI=1S/C16H12ClN3O3/c1-9-18-13-7-6-10(8-14(13)23-9)19-16(22)20-15(21)11-4-2-3-5-12(11)17/h2-8H,1H3,(H2,19,20,21,22). The van der Waals surface area contributed by atoms with Gasteiger partial charge in [0.25, 0.3) is 5.91 Å². The molecule has 23 heavy (non-hydrogen) atoms. The summed E-state index contributed by atoms with van der Waals surface area (Å²) >= 11 is 5.92. The number of rotatable bonds is 2. The van der Waals surface area contributed by atoms with Crippen molar-refractivity contribution < 1.29 is 14.0 Å². The van der Waals surface area contributed by atoms with E-state index < -0.39 is 11.9 Å². The molecule has 0 atom stereocenters. The number of imide groups is 1. The van der Waals surface area contributed by atoms with Gasteiger partial charge in [-0.1, -0.05) is 23.7 Å². The highest BCUT2D eigenvalue weighted by Gasteiger charge is 2.13. The first-order valence-electron chi connectivity index (χ1n) is 6.77. The lowest BCUT2D eigenvalue weighted by atomic mass is 10.2. The lowest BCUT2D eigenvalue weighted by molar-refractivity contribution is 0.0967.